The number of allylic oxidation sites excluding steroid dienone is 1. The van der Waals surface area contributed by atoms with Gasteiger partial charge in [-0.05, 0) is 42.7 Å². The zero-order valence-corrected chi connectivity index (χ0v) is 21.1. The minimum Gasteiger partial charge on any atom is -0.497 e. The smallest absolute Gasteiger partial charge is 0.223 e. The molecule has 0 N–H and O–H groups in total. The normalized spacial score (nSPS) is 16.5. The first-order valence-electron chi connectivity index (χ1n) is 12.2. The van der Waals surface area contributed by atoms with Gasteiger partial charge in [-0.15, -0.1) is 0 Å². The van der Waals surface area contributed by atoms with E-state index >= 15 is 0 Å². The summed E-state index contributed by atoms with van der Waals surface area (Å²) in [4.78, 5) is 31.9. The molecule has 0 aliphatic carbocycles. The predicted molar refractivity (Wildman–Crippen MR) is 138 cm³/mol. The SMILES string of the molecule is COc1cccc(CN(CC2CCCO2)C(=O)CCC(=O)C(C#N)=C2N(C)c3ccccc3N2C)c1. The van der Waals surface area contributed by atoms with Gasteiger partial charge in [0.25, 0.3) is 0 Å². The van der Waals surface area contributed by atoms with E-state index in [0.29, 0.717) is 25.5 Å². The molecule has 188 valence electrons. The van der Waals surface area contributed by atoms with Crippen LogP contribution in [0.2, 0.25) is 0 Å². The van der Waals surface area contributed by atoms with Crippen molar-refractivity contribution in [2.45, 2.75) is 38.3 Å². The molecular formula is C28H32N4O4. The number of para-hydroxylation sites is 2. The number of ketones is 1. The van der Waals surface area contributed by atoms with Crippen LogP contribution in [0.4, 0.5) is 11.4 Å². The monoisotopic (exact) mass is 488 g/mol. The number of ether oxygens (including phenoxy) is 2. The lowest BCUT2D eigenvalue weighted by Crippen LogP contribution is -2.37. The lowest BCUT2D eigenvalue weighted by Gasteiger charge is -2.26. The summed E-state index contributed by atoms with van der Waals surface area (Å²) in [6.07, 6.45) is 1.86. The van der Waals surface area contributed by atoms with E-state index in [9.17, 15) is 14.9 Å². The van der Waals surface area contributed by atoms with Crippen molar-refractivity contribution in [3.05, 3.63) is 65.5 Å². The molecule has 1 unspecified atom stereocenters. The van der Waals surface area contributed by atoms with E-state index in [2.05, 4.69) is 6.07 Å². The van der Waals surface area contributed by atoms with Crippen LogP contribution in [0.15, 0.2) is 59.9 Å². The first-order valence-corrected chi connectivity index (χ1v) is 12.2. The Morgan fingerprint density at radius 2 is 1.83 bits per heavy atom. The number of nitrogens with zero attached hydrogens (tertiary/aromatic N) is 4. The molecule has 8 nitrogen and oxygen atoms in total. The van der Waals surface area contributed by atoms with Crippen LogP contribution in [-0.4, -0.2) is 57.1 Å². The second-order valence-electron chi connectivity index (χ2n) is 9.10. The number of hydrogen-bond acceptors (Lipinski definition) is 7. The number of methoxy groups -OCH3 is 1. The molecule has 1 atom stereocenters. The van der Waals surface area contributed by atoms with Crippen LogP contribution < -0.4 is 14.5 Å². The molecule has 0 aromatic heterocycles. The Morgan fingerprint density at radius 1 is 1.11 bits per heavy atom. The number of nitriles is 1. The van der Waals surface area contributed by atoms with Crippen molar-refractivity contribution >= 4 is 23.1 Å². The topological polar surface area (TPSA) is 86.1 Å². The first-order chi connectivity index (χ1) is 17.4. The fraction of sp³-hybridized carbons (Fsp3) is 0.393. The summed E-state index contributed by atoms with van der Waals surface area (Å²) in [5.74, 6) is 0.776. The third-order valence-electron chi connectivity index (χ3n) is 6.73. The number of anilines is 2. The van der Waals surface area contributed by atoms with Crippen molar-refractivity contribution in [1.29, 1.82) is 5.26 Å². The Labute approximate surface area is 212 Å². The zero-order valence-electron chi connectivity index (χ0n) is 21.1. The molecule has 2 aromatic rings. The molecule has 4 rings (SSSR count). The van der Waals surface area contributed by atoms with Gasteiger partial charge in [0.15, 0.2) is 5.78 Å². The maximum absolute atomic E-state index is 13.3. The summed E-state index contributed by atoms with van der Waals surface area (Å²) < 4.78 is 11.1. The van der Waals surface area contributed by atoms with Gasteiger partial charge in [0.2, 0.25) is 5.91 Å². The average Bonchev–Trinajstić information content (AvgIpc) is 3.50. The maximum atomic E-state index is 13.3. The molecule has 2 heterocycles. The Bertz CT molecular complexity index is 1170. The van der Waals surface area contributed by atoms with Crippen molar-refractivity contribution in [3.8, 4) is 11.8 Å². The molecule has 1 fully saturated rings. The van der Waals surface area contributed by atoms with E-state index in [0.717, 1.165) is 35.5 Å². The van der Waals surface area contributed by atoms with E-state index in [1.165, 1.54) is 0 Å². The number of rotatable bonds is 9. The van der Waals surface area contributed by atoms with Crippen LogP contribution in [0.1, 0.15) is 31.2 Å². The lowest BCUT2D eigenvalue weighted by molar-refractivity contribution is -0.134. The van der Waals surface area contributed by atoms with Gasteiger partial charge in [0.05, 0.1) is 24.6 Å². The Kier molecular flexibility index (Phi) is 7.91. The lowest BCUT2D eigenvalue weighted by atomic mass is 10.1. The quantitative estimate of drug-likeness (QED) is 0.391. The maximum Gasteiger partial charge on any atom is 0.223 e. The zero-order chi connectivity index (χ0) is 25.7. The fourth-order valence-electron chi connectivity index (χ4n) is 4.84. The Hall–Kier alpha value is -3.83. The second-order valence-corrected chi connectivity index (χ2v) is 9.10. The van der Waals surface area contributed by atoms with Crippen molar-refractivity contribution in [2.24, 2.45) is 0 Å². The fourth-order valence-corrected chi connectivity index (χ4v) is 4.84. The molecule has 0 saturated carbocycles. The molecule has 2 aliphatic heterocycles. The highest BCUT2D eigenvalue weighted by molar-refractivity contribution is 6.03. The van der Waals surface area contributed by atoms with Crippen molar-refractivity contribution < 1.29 is 19.1 Å². The number of carbonyl (C=O) groups is 2. The molecule has 0 radical (unpaired) electrons. The molecular weight excluding hydrogens is 456 g/mol. The van der Waals surface area contributed by atoms with E-state index in [4.69, 9.17) is 9.47 Å². The minimum absolute atomic E-state index is 0.00802. The number of fused-ring (bicyclic) bond motifs is 1. The molecule has 0 bridgehead atoms. The Morgan fingerprint density at radius 3 is 2.44 bits per heavy atom. The first kappa shape index (κ1) is 25.3. The van der Waals surface area contributed by atoms with Gasteiger partial charge in [0.1, 0.15) is 23.2 Å². The van der Waals surface area contributed by atoms with Gasteiger partial charge in [-0.1, -0.05) is 24.3 Å². The number of carbonyl (C=O) groups excluding carboxylic acids is 2. The van der Waals surface area contributed by atoms with E-state index in [-0.39, 0.29) is 36.2 Å². The second kappa shape index (κ2) is 11.3. The van der Waals surface area contributed by atoms with Crippen LogP contribution in [0, 0.1) is 11.3 Å². The molecule has 1 amide bonds. The summed E-state index contributed by atoms with van der Waals surface area (Å²) in [6.45, 7) is 1.57. The highest BCUT2D eigenvalue weighted by Gasteiger charge is 2.31. The van der Waals surface area contributed by atoms with Crippen LogP contribution in [0.25, 0.3) is 0 Å². The van der Waals surface area contributed by atoms with Gasteiger partial charge >= 0.3 is 0 Å². The van der Waals surface area contributed by atoms with E-state index < -0.39 is 0 Å². The van der Waals surface area contributed by atoms with Gasteiger partial charge in [0, 0.05) is 46.6 Å². The summed E-state index contributed by atoms with van der Waals surface area (Å²) >= 11 is 0. The number of hydrogen-bond donors (Lipinski definition) is 0. The predicted octanol–water partition coefficient (Wildman–Crippen LogP) is 3.87. The van der Waals surface area contributed by atoms with Crippen LogP contribution in [0.5, 0.6) is 5.75 Å². The van der Waals surface area contributed by atoms with Crippen molar-refractivity contribution in [3.63, 3.8) is 0 Å². The summed E-state index contributed by atoms with van der Waals surface area (Å²) in [6, 6.07) is 17.4. The molecule has 1 saturated heterocycles. The average molecular weight is 489 g/mol. The molecule has 2 aliphatic rings. The van der Waals surface area contributed by atoms with Gasteiger partial charge < -0.3 is 24.2 Å². The van der Waals surface area contributed by atoms with Gasteiger partial charge in [-0.3, -0.25) is 9.59 Å². The van der Waals surface area contributed by atoms with Crippen LogP contribution in [0.3, 0.4) is 0 Å². The minimum atomic E-state index is -0.342. The van der Waals surface area contributed by atoms with E-state index in [1.807, 2.05) is 72.4 Å². The third-order valence-corrected chi connectivity index (χ3v) is 6.73. The number of amides is 1. The van der Waals surface area contributed by atoms with Crippen LogP contribution >= 0.6 is 0 Å². The summed E-state index contributed by atoms with van der Waals surface area (Å²) in [5, 5.41) is 9.87. The largest absolute Gasteiger partial charge is 0.497 e. The molecule has 0 spiro atoms. The highest BCUT2D eigenvalue weighted by atomic mass is 16.5. The molecule has 8 heteroatoms. The number of benzene rings is 2. The number of Topliss-reactive ketones (excluding diaryl/α,β-unsaturated/α-hetero) is 1. The Balaban J connectivity index is 1.48. The van der Waals surface area contributed by atoms with Crippen molar-refractivity contribution in [2.75, 3.05) is 44.2 Å². The molecule has 36 heavy (non-hydrogen) atoms. The standard InChI is InChI=1S/C28H32N4O4/c1-30-24-11-4-5-12-25(24)31(2)28(30)23(17-29)26(33)13-14-27(34)32(19-22-10-7-15-36-22)18-20-8-6-9-21(16-20)35-3/h4-6,8-9,11-12,16,22H,7,10,13-15,18-19H2,1-3H3. The summed E-state index contributed by atoms with van der Waals surface area (Å²) in [7, 11) is 5.29. The van der Waals surface area contributed by atoms with Crippen LogP contribution in [-0.2, 0) is 20.9 Å². The van der Waals surface area contributed by atoms with E-state index in [1.54, 1.807) is 12.0 Å². The van der Waals surface area contributed by atoms with Crippen molar-refractivity contribution in [1.82, 2.24) is 4.90 Å². The summed E-state index contributed by atoms with van der Waals surface area (Å²) in [5.41, 5.74) is 2.85. The third kappa shape index (κ3) is 5.37. The van der Waals surface area contributed by atoms with Gasteiger partial charge in [-0.25, -0.2) is 0 Å². The molecule has 2 aromatic carbocycles. The van der Waals surface area contributed by atoms with Gasteiger partial charge in [-0.2, -0.15) is 5.26 Å². The highest BCUT2D eigenvalue weighted by Crippen LogP contribution is 2.40.